The molecule has 1 rings (SSSR count). The molecule has 1 heterocycles. The Balaban J connectivity index is 2.81. The van der Waals surface area contributed by atoms with Gasteiger partial charge in [0.1, 0.15) is 11.0 Å². The van der Waals surface area contributed by atoms with Crippen LogP contribution < -0.4 is 5.32 Å². The average molecular weight is 276 g/mol. The van der Waals surface area contributed by atoms with Crippen molar-refractivity contribution < 1.29 is 4.92 Å². The van der Waals surface area contributed by atoms with Gasteiger partial charge in [-0.3, -0.25) is 10.1 Å². The van der Waals surface area contributed by atoms with Crippen LogP contribution in [0.3, 0.4) is 0 Å². The van der Waals surface area contributed by atoms with E-state index in [0.717, 1.165) is 0 Å². The van der Waals surface area contributed by atoms with Gasteiger partial charge in [-0.2, -0.15) is 11.8 Å². The minimum absolute atomic E-state index is 0.0266. The lowest BCUT2D eigenvalue weighted by Gasteiger charge is -2.22. The van der Waals surface area contributed by atoms with Gasteiger partial charge in [-0.15, -0.1) is 0 Å². The molecule has 0 aliphatic rings. The molecular weight excluding hydrogens is 262 g/mol. The van der Waals surface area contributed by atoms with Gasteiger partial charge in [0, 0.05) is 11.3 Å². The van der Waals surface area contributed by atoms with Crippen molar-refractivity contribution in [1.29, 1.82) is 0 Å². The van der Waals surface area contributed by atoms with Crippen LogP contribution in [0, 0.1) is 10.1 Å². The lowest BCUT2D eigenvalue weighted by Crippen LogP contribution is -2.26. The van der Waals surface area contributed by atoms with E-state index in [4.69, 9.17) is 11.6 Å². The highest BCUT2D eigenvalue weighted by atomic mass is 35.5. The third-order valence-corrected chi connectivity index (χ3v) is 3.68. The highest BCUT2D eigenvalue weighted by Crippen LogP contribution is 2.24. The van der Waals surface area contributed by atoms with Crippen molar-refractivity contribution in [2.75, 3.05) is 18.1 Å². The Bertz CT molecular complexity index is 426. The molecule has 7 heteroatoms. The van der Waals surface area contributed by atoms with Gasteiger partial charge in [-0.05, 0) is 20.1 Å². The van der Waals surface area contributed by atoms with Gasteiger partial charge in [0.15, 0.2) is 0 Å². The summed E-state index contributed by atoms with van der Waals surface area (Å²) in [6.07, 6.45) is 2.01. The number of nitrogens with zero attached hydrogens (tertiary/aromatic N) is 2. The second kappa shape index (κ2) is 5.55. The first-order valence-electron chi connectivity index (χ1n) is 4.95. The first-order chi connectivity index (χ1) is 7.84. The van der Waals surface area contributed by atoms with Crippen LogP contribution >= 0.6 is 23.4 Å². The normalized spacial score (nSPS) is 11.3. The smallest absolute Gasteiger partial charge is 0.276 e. The molecule has 94 valence electrons. The summed E-state index contributed by atoms with van der Waals surface area (Å²) in [4.78, 5) is 14.2. The van der Waals surface area contributed by atoms with E-state index in [0.29, 0.717) is 12.4 Å². The first kappa shape index (κ1) is 14.1. The molecule has 17 heavy (non-hydrogen) atoms. The van der Waals surface area contributed by atoms with Crippen LogP contribution in [0.25, 0.3) is 0 Å². The van der Waals surface area contributed by atoms with Gasteiger partial charge in [-0.1, -0.05) is 11.6 Å². The van der Waals surface area contributed by atoms with Crippen LogP contribution in [0.1, 0.15) is 13.8 Å². The molecule has 5 nitrogen and oxygen atoms in total. The second-order valence-electron chi connectivity index (χ2n) is 4.11. The predicted molar refractivity (Wildman–Crippen MR) is 72.0 cm³/mol. The fourth-order valence-corrected chi connectivity index (χ4v) is 1.47. The summed E-state index contributed by atoms with van der Waals surface area (Å²) in [7, 11) is 0. The summed E-state index contributed by atoms with van der Waals surface area (Å²) in [6.45, 7) is 4.80. The molecule has 0 fully saturated rings. The standard InChI is InChI=1S/C10H14ClN3O2S/c1-10(2,17-3)6-12-9-5-7(14(15)16)4-8(11)13-9/h4-5H,6H2,1-3H3,(H,12,13). The molecule has 0 atom stereocenters. The molecule has 0 saturated heterocycles. The highest BCUT2D eigenvalue weighted by molar-refractivity contribution is 7.99. The van der Waals surface area contributed by atoms with E-state index in [1.54, 1.807) is 11.8 Å². The van der Waals surface area contributed by atoms with E-state index >= 15 is 0 Å². The number of halogens is 1. The van der Waals surface area contributed by atoms with Gasteiger partial charge >= 0.3 is 0 Å². The minimum atomic E-state index is -0.488. The van der Waals surface area contributed by atoms with Gasteiger partial charge < -0.3 is 5.32 Å². The van der Waals surface area contributed by atoms with Crippen molar-refractivity contribution >= 4 is 34.9 Å². The maximum Gasteiger partial charge on any atom is 0.276 e. The van der Waals surface area contributed by atoms with E-state index in [9.17, 15) is 10.1 Å². The summed E-state index contributed by atoms with van der Waals surface area (Å²) in [5, 5.41) is 13.8. The van der Waals surface area contributed by atoms with E-state index in [-0.39, 0.29) is 15.6 Å². The van der Waals surface area contributed by atoms with E-state index in [1.807, 2.05) is 6.26 Å². The summed E-state index contributed by atoms with van der Waals surface area (Å²) in [6, 6.07) is 2.61. The number of nitro groups is 1. The third-order valence-electron chi connectivity index (χ3n) is 2.24. The summed E-state index contributed by atoms with van der Waals surface area (Å²) < 4.78 is 0.0266. The van der Waals surface area contributed by atoms with Crippen molar-refractivity contribution in [2.45, 2.75) is 18.6 Å². The SMILES string of the molecule is CSC(C)(C)CNc1cc([N+](=O)[O-])cc(Cl)n1. The molecule has 0 unspecified atom stereocenters. The number of aromatic nitrogens is 1. The van der Waals surface area contributed by atoms with Gasteiger partial charge in [0.05, 0.1) is 17.1 Å². The van der Waals surface area contributed by atoms with Crippen LogP contribution in [0.5, 0.6) is 0 Å². The van der Waals surface area contributed by atoms with Crippen LogP contribution in [0.4, 0.5) is 11.5 Å². The predicted octanol–water partition coefficient (Wildman–Crippen LogP) is 3.20. The molecule has 1 N–H and O–H groups in total. The van der Waals surface area contributed by atoms with Crippen molar-refractivity contribution in [3.8, 4) is 0 Å². The maximum absolute atomic E-state index is 10.6. The third kappa shape index (κ3) is 4.40. The number of nitrogens with one attached hydrogen (secondary N) is 1. The van der Waals surface area contributed by atoms with Crippen LogP contribution in [0.2, 0.25) is 5.15 Å². The monoisotopic (exact) mass is 275 g/mol. The Hall–Kier alpha value is -1.01. The Morgan fingerprint density at radius 2 is 2.24 bits per heavy atom. The fourth-order valence-electron chi connectivity index (χ4n) is 1.05. The summed E-state index contributed by atoms with van der Waals surface area (Å²) in [5.74, 6) is 0.423. The molecule has 0 aromatic carbocycles. The largest absolute Gasteiger partial charge is 0.368 e. The van der Waals surface area contributed by atoms with Crippen molar-refractivity contribution in [3.63, 3.8) is 0 Å². The molecule has 0 aliphatic carbocycles. The van der Waals surface area contributed by atoms with Gasteiger partial charge in [0.25, 0.3) is 5.69 Å². The zero-order valence-electron chi connectivity index (χ0n) is 9.86. The molecular formula is C10H14ClN3O2S. The first-order valence-corrected chi connectivity index (χ1v) is 6.55. The van der Waals surface area contributed by atoms with Crippen LogP contribution in [-0.2, 0) is 0 Å². The second-order valence-corrected chi connectivity index (χ2v) is 6.01. The number of rotatable bonds is 5. The van der Waals surface area contributed by atoms with Crippen molar-refractivity contribution in [2.24, 2.45) is 0 Å². The van der Waals surface area contributed by atoms with E-state index < -0.39 is 4.92 Å². The van der Waals surface area contributed by atoms with E-state index in [2.05, 4.69) is 24.1 Å². The number of pyridine rings is 1. The molecule has 0 bridgehead atoms. The average Bonchev–Trinajstić information content (AvgIpc) is 2.26. The Labute approximate surface area is 109 Å². The van der Waals surface area contributed by atoms with Crippen LogP contribution in [-0.4, -0.2) is 27.5 Å². The molecule has 1 aromatic heterocycles. The quantitative estimate of drug-likeness (QED) is 0.508. The maximum atomic E-state index is 10.6. The minimum Gasteiger partial charge on any atom is -0.368 e. The number of hydrogen-bond acceptors (Lipinski definition) is 5. The van der Waals surface area contributed by atoms with Crippen LogP contribution in [0.15, 0.2) is 12.1 Å². The topological polar surface area (TPSA) is 68.1 Å². The molecule has 0 saturated carbocycles. The Morgan fingerprint density at radius 3 is 2.76 bits per heavy atom. The lowest BCUT2D eigenvalue weighted by atomic mass is 10.2. The molecule has 0 amide bonds. The summed E-state index contributed by atoms with van der Waals surface area (Å²) in [5.41, 5.74) is -0.0607. The highest BCUT2D eigenvalue weighted by Gasteiger charge is 2.17. The number of thioether (sulfide) groups is 1. The van der Waals surface area contributed by atoms with Crippen molar-refractivity contribution in [1.82, 2.24) is 4.98 Å². The molecule has 0 aliphatic heterocycles. The molecule has 0 radical (unpaired) electrons. The zero-order chi connectivity index (χ0) is 13.1. The summed E-state index contributed by atoms with van der Waals surface area (Å²) >= 11 is 7.42. The number of hydrogen-bond donors (Lipinski definition) is 1. The Kier molecular flexibility index (Phi) is 4.59. The fraction of sp³-hybridized carbons (Fsp3) is 0.500. The lowest BCUT2D eigenvalue weighted by molar-refractivity contribution is -0.384. The van der Waals surface area contributed by atoms with Crippen molar-refractivity contribution in [3.05, 3.63) is 27.4 Å². The molecule has 1 aromatic rings. The van der Waals surface area contributed by atoms with E-state index in [1.165, 1.54) is 12.1 Å². The van der Waals surface area contributed by atoms with Gasteiger partial charge in [0.2, 0.25) is 0 Å². The Morgan fingerprint density at radius 1 is 1.59 bits per heavy atom. The molecule has 0 spiro atoms. The van der Waals surface area contributed by atoms with Gasteiger partial charge in [-0.25, -0.2) is 4.98 Å². The zero-order valence-corrected chi connectivity index (χ0v) is 11.4. The number of anilines is 1.